The van der Waals surface area contributed by atoms with Crippen molar-refractivity contribution in [2.24, 2.45) is 0 Å². The lowest BCUT2D eigenvalue weighted by Gasteiger charge is -2.27. The summed E-state index contributed by atoms with van der Waals surface area (Å²) in [6, 6.07) is 6.61. The van der Waals surface area contributed by atoms with Gasteiger partial charge in [0.05, 0.1) is 17.7 Å². The number of carbonyl (C=O) groups excluding carboxylic acids is 4. The molecule has 4 amide bonds. The largest absolute Gasteiger partial charge is 0.353 e. The molecule has 0 atom stereocenters. The zero-order chi connectivity index (χ0) is 15.7. The van der Waals surface area contributed by atoms with E-state index < -0.39 is 0 Å². The monoisotopic (exact) mass is 301 g/mol. The average molecular weight is 301 g/mol. The Labute approximate surface area is 126 Å². The van der Waals surface area contributed by atoms with E-state index in [0.717, 1.165) is 4.90 Å². The summed E-state index contributed by atoms with van der Waals surface area (Å²) in [5, 5.41) is 2.64. The number of carbonyl (C=O) groups is 4. The van der Waals surface area contributed by atoms with Crippen molar-refractivity contribution in [2.45, 2.75) is 6.42 Å². The molecular formula is C15H15N3O4. The Hall–Kier alpha value is -2.70. The first-order chi connectivity index (χ1) is 10.6. The fourth-order valence-electron chi connectivity index (χ4n) is 2.66. The maximum atomic E-state index is 12.2. The fraction of sp³-hybridized carbons (Fsp3) is 0.333. The summed E-state index contributed by atoms with van der Waals surface area (Å²) in [7, 11) is 0. The molecule has 0 aromatic heterocycles. The lowest BCUT2D eigenvalue weighted by Crippen LogP contribution is -2.50. The van der Waals surface area contributed by atoms with Gasteiger partial charge < -0.3 is 10.2 Å². The number of amides is 4. The van der Waals surface area contributed by atoms with Crippen LogP contribution in [0.25, 0.3) is 0 Å². The van der Waals surface area contributed by atoms with E-state index in [-0.39, 0.29) is 43.1 Å². The Kier molecular flexibility index (Phi) is 3.62. The number of imide groups is 1. The second-order valence-electron chi connectivity index (χ2n) is 5.22. The highest BCUT2D eigenvalue weighted by atomic mass is 16.2. The van der Waals surface area contributed by atoms with E-state index in [1.165, 1.54) is 4.90 Å². The third kappa shape index (κ3) is 2.45. The predicted octanol–water partition coefficient (Wildman–Crippen LogP) is -0.369. The van der Waals surface area contributed by atoms with Crippen LogP contribution in [0, 0.1) is 0 Å². The molecule has 0 spiro atoms. The molecule has 1 aromatic carbocycles. The smallest absolute Gasteiger partial charge is 0.261 e. The summed E-state index contributed by atoms with van der Waals surface area (Å²) in [6.07, 6.45) is 0.0265. The van der Waals surface area contributed by atoms with E-state index in [1.54, 1.807) is 24.3 Å². The van der Waals surface area contributed by atoms with E-state index in [1.807, 2.05) is 0 Å². The molecule has 1 saturated heterocycles. The molecule has 0 bridgehead atoms. The highest BCUT2D eigenvalue weighted by Gasteiger charge is 2.35. The molecule has 1 aromatic rings. The number of piperazine rings is 1. The van der Waals surface area contributed by atoms with Crippen molar-refractivity contribution in [1.29, 1.82) is 0 Å². The van der Waals surface area contributed by atoms with Crippen LogP contribution in [0.1, 0.15) is 27.1 Å². The van der Waals surface area contributed by atoms with Crippen molar-refractivity contribution in [1.82, 2.24) is 15.1 Å². The van der Waals surface area contributed by atoms with Crippen LogP contribution in [0.4, 0.5) is 0 Å². The molecule has 114 valence electrons. The van der Waals surface area contributed by atoms with Crippen molar-refractivity contribution >= 4 is 23.6 Å². The van der Waals surface area contributed by atoms with Gasteiger partial charge in [0.25, 0.3) is 11.8 Å². The second-order valence-corrected chi connectivity index (χ2v) is 5.22. The van der Waals surface area contributed by atoms with Crippen LogP contribution in [0.3, 0.4) is 0 Å². The summed E-state index contributed by atoms with van der Waals surface area (Å²) in [5.41, 5.74) is 0.745. The number of fused-ring (bicyclic) bond motifs is 1. The molecule has 7 nitrogen and oxygen atoms in total. The Balaban J connectivity index is 1.63. The summed E-state index contributed by atoms with van der Waals surface area (Å²) >= 11 is 0. The van der Waals surface area contributed by atoms with Crippen molar-refractivity contribution in [2.75, 3.05) is 26.2 Å². The predicted molar refractivity (Wildman–Crippen MR) is 76.0 cm³/mol. The quantitative estimate of drug-likeness (QED) is 0.772. The SMILES string of the molecule is O=C1CN(C(=O)CCN2C(=O)c3ccccc3C2=O)CCN1. The Bertz CT molecular complexity index is 636. The van der Waals surface area contributed by atoms with Gasteiger partial charge in [0.1, 0.15) is 0 Å². The Morgan fingerprint density at radius 3 is 2.32 bits per heavy atom. The maximum absolute atomic E-state index is 12.2. The van der Waals surface area contributed by atoms with Gasteiger partial charge in [-0.3, -0.25) is 24.1 Å². The summed E-state index contributed by atoms with van der Waals surface area (Å²) in [6.45, 7) is 0.939. The van der Waals surface area contributed by atoms with Crippen LogP contribution in [0.2, 0.25) is 0 Å². The normalized spacial score (nSPS) is 17.5. The van der Waals surface area contributed by atoms with Gasteiger partial charge in [0.2, 0.25) is 11.8 Å². The van der Waals surface area contributed by atoms with Gasteiger partial charge >= 0.3 is 0 Å². The van der Waals surface area contributed by atoms with E-state index in [4.69, 9.17) is 0 Å². The van der Waals surface area contributed by atoms with Gasteiger partial charge in [-0.15, -0.1) is 0 Å². The number of rotatable bonds is 3. The van der Waals surface area contributed by atoms with Gasteiger partial charge in [-0.05, 0) is 12.1 Å². The van der Waals surface area contributed by atoms with E-state index in [2.05, 4.69) is 5.32 Å². The zero-order valence-corrected chi connectivity index (χ0v) is 11.9. The van der Waals surface area contributed by atoms with E-state index in [0.29, 0.717) is 24.2 Å². The third-order valence-corrected chi connectivity index (χ3v) is 3.82. The number of hydrogen-bond acceptors (Lipinski definition) is 4. The molecule has 2 heterocycles. The van der Waals surface area contributed by atoms with Gasteiger partial charge in [-0.2, -0.15) is 0 Å². The van der Waals surface area contributed by atoms with E-state index in [9.17, 15) is 19.2 Å². The van der Waals surface area contributed by atoms with E-state index >= 15 is 0 Å². The number of hydrogen-bond donors (Lipinski definition) is 1. The molecule has 0 unspecified atom stereocenters. The fourth-order valence-corrected chi connectivity index (χ4v) is 2.66. The number of benzene rings is 1. The molecule has 1 N–H and O–H groups in total. The van der Waals surface area contributed by atoms with Crippen molar-refractivity contribution in [3.8, 4) is 0 Å². The Morgan fingerprint density at radius 2 is 1.73 bits per heavy atom. The molecule has 3 rings (SSSR count). The summed E-state index contributed by atoms with van der Waals surface area (Å²) < 4.78 is 0. The first kappa shape index (κ1) is 14.2. The van der Waals surface area contributed by atoms with Crippen LogP contribution >= 0.6 is 0 Å². The van der Waals surface area contributed by atoms with Crippen molar-refractivity contribution in [3.63, 3.8) is 0 Å². The standard InChI is InChI=1S/C15H15N3O4/c19-12-9-17(8-6-16-12)13(20)5-7-18-14(21)10-3-1-2-4-11(10)15(18)22/h1-4H,5-9H2,(H,16,19). The van der Waals surface area contributed by atoms with Crippen LogP contribution in [-0.4, -0.2) is 59.6 Å². The average Bonchev–Trinajstić information content (AvgIpc) is 2.77. The van der Waals surface area contributed by atoms with Crippen LogP contribution in [0.5, 0.6) is 0 Å². The highest BCUT2D eigenvalue weighted by Crippen LogP contribution is 2.22. The first-order valence-corrected chi connectivity index (χ1v) is 7.07. The maximum Gasteiger partial charge on any atom is 0.261 e. The molecular weight excluding hydrogens is 286 g/mol. The number of nitrogens with zero attached hydrogens (tertiary/aromatic N) is 2. The molecule has 22 heavy (non-hydrogen) atoms. The van der Waals surface area contributed by atoms with Gasteiger partial charge in [-0.1, -0.05) is 12.1 Å². The minimum absolute atomic E-state index is 0.0265. The van der Waals surface area contributed by atoms with Crippen LogP contribution < -0.4 is 5.32 Å². The topological polar surface area (TPSA) is 86.8 Å². The zero-order valence-electron chi connectivity index (χ0n) is 11.9. The van der Waals surface area contributed by atoms with Gasteiger partial charge in [-0.25, -0.2) is 0 Å². The first-order valence-electron chi connectivity index (χ1n) is 7.07. The lowest BCUT2D eigenvalue weighted by atomic mass is 10.1. The van der Waals surface area contributed by atoms with Gasteiger partial charge in [0, 0.05) is 26.1 Å². The molecule has 1 fully saturated rings. The minimum Gasteiger partial charge on any atom is -0.353 e. The summed E-state index contributed by atoms with van der Waals surface area (Å²) in [5.74, 6) is -1.17. The summed E-state index contributed by atoms with van der Waals surface area (Å²) in [4.78, 5) is 50.2. The molecule has 7 heteroatoms. The second kappa shape index (κ2) is 5.59. The number of nitrogens with one attached hydrogen (secondary N) is 1. The molecule has 2 aliphatic rings. The van der Waals surface area contributed by atoms with Crippen LogP contribution in [0.15, 0.2) is 24.3 Å². The third-order valence-electron chi connectivity index (χ3n) is 3.82. The van der Waals surface area contributed by atoms with Gasteiger partial charge in [0.15, 0.2) is 0 Å². The molecule has 0 aliphatic carbocycles. The van der Waals surface area contributed by atoms with Crippen molar-refractivity contribution < 1.29 is 19.2 Å². The molecule has 0 radical (unpaired) electrons. The minimum atomic E-state index is -0.371. The van der Waals surface area contributed by atoms with Crippen LogP contribution in [-0.2, 0) is 9.59 Å². The molecule has 2 aliphatic heterocycles. The Morgan fingerprint density at radius 1 is 1.09 bits per heavy atom. The highest BCUT2D eigenvalue weighted by molar-refractivity contribution is 6.21. The molecule has 0 saturated carbocycles. The lowest BCUT2D eigenvalue weighted by molar-refractivity contribution is -0.138. The van der Waals surface area contributed by atoms with Crippen molar-refractivity contribution in [3.05, 3.63) is 35.4 Å².